The number of benzene rings is 1. The Bertz CT molecular complexity index is 363. The highest BCUT2D eigenvalue weighted by molar-refractivity contribution is 5.27. The van der Waals surface area contributed by atoms with Gasteiger partial charge in [-0.25, -0.2) is 0 Å². The van der Waals surface area contributed by atoms with Crippen molar-refractivity contribution in [2.75, 3.05) is 14.2 Å². The Balaban J connectivity index is 1.94. The zero-order valence-corrected chi connectivity index (χ0v) is 11.3. The van der Waals surface area contributed by atoms with Crippen LogP contribution in [0.5, 0.6) is 5.75 Å². The van der Waals surface area contributed by atoms with Crippen molar-refractivity contribution in [2.24, 2.45) is 0 Å². The molecule has 0 heterocycles. The summed E-state index contributed by atoms with van der Waals surface area (Å²) in [7, 11) is 3.78. The molecule has 18 heavy (non-hydrogen) atoms. The van der Waals surface area contributed by atoms with Gasteiger partial charge in [-0.05, 0) is 37.6 Å². The van der Waals surface area contributed by atoms with E-state index in [1.807, 2.05) is 12.1 Å². The van der Waals surface area contributed by atoms with Gasteiger partial charge in [0.1, 0.15) is 5.75 Å². The molecule has 100 valence electrons. The summed E-state index contributed by atoms with van der Waals surface area (Å²) in [6, 6.07) is 8.46. The van der Waals surface area contributed by atoms with Gasteiger partial charge in [0, 0.05) is 12.6 Å². The predicted octanol–water partition coefficient (Wildman–Crippen LogP) is 2.43. The second-order valence-corrected chi connectivity index (χ2v) is 5.18. The fraction of sp³-hybridized carbons (Fsp3) is 0.600. The number of aliphatic hydroxyl groups excluding tert-OH is 1. The quantitative estimate of drug-likeness (QED) is 0.889. The predicted molar refractivity (Wildman–Crippen MR) is 72.7 cm³/mol. The Morgan fingerprint density at radius 1 is 1.22 bits per heavy atom. The Morgan fingerprint density at radius 3 is 2.50 bits per heavy atom. The highest BCUT2D eigenvalue weighted by atomic mass is 16.5. The lowest BCUT2D eigenvalue weighted by Gasteiger charge is -2.35. The van der Waals surface area contributed by atoms with Crippen molar-refractivity contribution in [3.8, 4) is 5.75 Å². The van der Waals surface area contributed by atoms with E-state index in [4.69, 9.17) is 4.74 Å². The van der Waals surface area contributed by atoms with Crippen molar-refractivity contribution in [1.29, 1.82) is 0 Å². The molecule has 0 saturated heterocycles. The molecule has 1 fully saturated rings. The summed E-state index contributed by atoms with van der Waals surface area (Å²) < 4.78 is 5.15. The lowest BCUT2D eigenvalue weighted by Crippen LogP contribution is -2.42. The van der Waals surface area contributed by atoms with Crippen LogP contribution in [0.4, 0.5) is 0 Å². The van der Waals surface area contributed by atoms with Gasteiger partial charge in [-0.3, -0.25) is 4.90 Å². The first-order valence-corrected chi connectivity index (χ1v) is 6.72. The minimum Gasteiger partial charge on any atom is -0.497 e. The molecule has 0 amide bonds. The molecule has 2 atom stereocenters. The third-order valence-electron chi connectivity index (χ3n) is 3.85. The summed E-state index contributed by atoms with van der Waals surface area (Å²) in [6.07, 6.45) is 4.27. The number of nitrogens with zero attached hydrogens (tertiary/aromatic N) is 1. The molecule has 2 rings (SSSR count). The summed E-state index contributed by atoms with van der Waals surface area (Å²) >= 11 is 0. The topological polar surface area (TPSA) is 32.7 Å². The lowest BCUT2D eigenvalue weighted by molar-refractivity contribution is 0.0288. The maximum atomic E-state index is 10.0. The van der Waals surface area contributed by atoms with Crippen LogP contribution in [-0.2, 0) is 6.54 Å². The maximum Gasteiger partial charge on any atom is 0.118 e. The molecule has 0 spiro atoms. The average Bonchev–Trinajstić information content (AvgIpc) is 2.40. The third kappa shape index (κ3) is 3.24. The maximum absolute atomic E-state index is 10.0. The molecule has 1 aliphatic rings. The van der Waals surface area contributed by atoms with Crippen LogP contribution in [0.1, 0.15) is 31.2 Å². The van der Waals surface area contributed by atoms with E-state index in [2.05, 4.69) is 24.1 Å². The molecule has 0 aromatic heterocycles. The first kappa shape index (κ1) is 13.4. The van der Waals surface area contributed by atoms with Gasteiger partial charge in [0.2, 0.25) is 0 Å². The Hall–Kier alpha value is -1.06. The summed E-state index contributed by atoms with van der Waals surface area (Å²) in [6.45, 7) is 0.881. The second-order valence-electron chi connectivity index (χ2n) is 5.18. The van der Waals surface area contributed by atoms with Gasteiger partial charge in [0.25, 0.3) is 0 Å². The van der Waals surface area contributed by atoms with Crippen molar-refractivity contribution >= 4 is 0 Å². The van der Waals surface area contributed by atoms with E-state index in [0.717, 1.165) is 31.6 Å². The minimum atomic E-state index is -0.165. The van der Waals surface area contributed by atoms with Gasteiger partial charge in [-0.15, -0.1) is 0 Å². The van der Waals surface area contributed by atoms with E-state index in [0.29, 0.717) is 6.04 Å². The monoisotopic (exact) mass is 249 g/mol. The Labute approximate surface area is 109 Å². The molecule has 0 aliphatic heterocycles. The molecule has 3 heteroatoms. The molecule has 3 nitrogen and oxygen atoms in total. The Morgan fingerprint density at radius 2 is 1.89 bits per heavy atom. The van der Waals surface area contributed by atoms with Crippen molar-refractivity contribution in [1.82, 2.24) is 4.90 Å². The van der Waals surface area contributed by atoms with Crippen LogP contribution in [0.2, 0.25) is 0 Å². The third-order valence-corrected chi connectivity index (χ3v) is 3.85. The van der Waals surface area contributed by atoms with Crippen molar-refractivity contribution < 1.29 is 9.84 Å². The largest absolute Gasteiger partial charge is 0.497 e. The SMILES string of the molecule is COc1ccc(CN(C)[C@H]2CCCC[C@@H]2O)cc1. The summed E-state index contributed by atoms with van der Waals surface area (Å²) in [5.74, 6) is 0.888. The highest BCUT2D eigenvalue weighted by Crippen LogP contribution is 2.23. The van der Waals surface area contributed by atoms with E-state index in [1.165, 1.54) is 12.0 Å². The number of methoxy groups -OCH3 is 1. The van der Waals surface area contributed by atoms with Crippen LogP contribution >= 0.6 is 0 Å². The van der Waals surface area contributed by atoms with Crippen LogP contribution in [0, 0.1) is 0 Å². The summed E-state index contributed by atoms with van der Waals surface area (Å²) in [5, 5.41) is 10.0. The number of rotatable bonds is 4. The molecule has 1 saturated carbocycles. The van der Waals surface area contributed by atoms with Gasteiger partial charge < -0.3 is 9.84 Å². The van der Waals surface area contributed by atoms with Gasteiger partial charge >= 0.3 is 0 Å². The normalized spacial score (nSPS) is 24.2. The van der Waals surface area contributed by atoms with E-state index >= 15 is 0 Å². The van der Waals surface area contributed by atoms with E-state index < -0.39 is 0 Å². The summed E-state index contributed by atoms with van der Waals surface area (Å²) in [5.41, 5.74) is 1.26. The van der Waals surface area contributed by atoms with Crippen molar-refractivity contribution in [3.05, 3.63) is 29.8 Å². The van der Waals surface area contributed by atoms with Crippen LogP contribution in [0.25, 0.3) is 0 Å². The van der Waals surface area contributed by atoms with Crippen molar-refractivity contribution in [2.45, 2.75) is 44.4 Å². The fourth-order valence-corrected chi connectivity index (χ4v) is 2.74. The zero-order chi connectivity index (χ0) is 13.0. The molecule has 0 bridgehead atoms. The minimum absolute atomic E-state index is 0.165. The molecule has 1 aliphatic carbocycles. The molecule has 1 aromatic carbocycles. The standard InChI is InChI=1S/C15H23NO2/c1-16(14-5-3-4-6-15(14)17)11-12-7-9-13(18-2)10-8-12/h7-10,14-15,17H,3-6,11H2,1-2H3/t14-,15-/m0/s1. The van der Waals surface area contributed by atoms with Crippen molar-refractivity contribution in [3.63, 3.8) is 0 Å². The van der Waals surface area contributed by atoms with E-state index in [9.17, 15) is 5.11 Å². The number of ether oxygens (including phenoxy) is 1. The molecular weight excluding hydrogens is 226 g/mol. The first-order chi connectivity index (χ1) is 8.70. The van der Waals surface area contributed by atoms with Crippen LogP contribution in [0.15, 0.2) is 24.3 Å². The van der Waals surface area contributed by atoms with Gasteiger partial charge in [0.05, 0.1) is 13.2 Å². The highest BCUT2D eigenvalue weighted by Gasteiger charge is 2.26. The van der Waals surface area contributed by atoms with Gasteiger partial charge in [-0.2, -0.15) is 0 Å². The molecule has 1 aromatic rings. The van der Waals surface area contributed by atoms with Crippen LogP contribution < -0.4 is 4.74 Å². The van der Waals surface area contributed by atoms with E-state index in [1.54, 1.807) is 7.11 Å². The van der Waals surface area contributed by atoms with Gasteiger partial charge in [-0.1, -0.05) is 25.0 Å². The number of aliphatic hydroxyl groups is 1. The number of hydrogen-bond acceptors (Lipinski definition) is 3. The Kier molecular flexibility index (Phi) is 4.61. The molecule has 0 radical (unpaired) electrons. The van der Waals surface area contributed by atoms with E-state index in [-0.39, 0.29) is 6.10 Å². The summed E-state index contributed by atoms with van der Waals surface area (Å²) in [4.78, 5) is 2.27. The first-order valence-electron chi connectivity index (χ1n) is 6.72. The van der Waals surface area contributed by atoms with Gasteiger partial charge in [0.15, 0.2) is 0 Å². The zero-order valence-electron chi connectivity index (χ0n) is 11.3. The fourth-order valence-electron chi connectivity index (χ4n) is 2.74. The second kappa shape index (κ2) is 6.21. The average molecular weight is 249 g/mol. The molecular formula is C15H23NO2. The number of likely N-dealkylation sites (N-methyl/N-ethyl adjacent to an activating group) is 1. The molecule has 0 unspecified atom stereocenters. The van der Waals surface area contributed by atoms with Crippen LogP contribution in [-0.4, -0.2) is 36.3 Å². The smallest absolute Gasteiger partial charge is 0.118 e. The molecule has 1 N–H and O–H groups in total. The number of hydrogen-bond donors (Lipinski definition) is 1. The van der Waals surface area contributed by atoms with Crippen LogP contribution in [0.3, 0.4) is 0 Å². The lowest BCUT2D eigenvalue weighted by atomic mass is 9.91.